The third-order valence-corrected chi connectivity index (χ3v) is 14.0. The molecule has 2 saturated heterocycles. The summed E-state index contributed by atoms with van der Waals surface area (Å²) in [5.74, 6) is -4.55. The first kappa shape index (κ1) is 34.7. The van der Waals surface area contributed by atoms with Crippen LogP contribution in [-0.2, 0) is 26.2 Å². The van der Waals surface area contributed by atoms with Crippen molar-refractivity contribution in [3.05, 3.63) is 112 Å². The van der Waals surface area contributed by atoms with Gasteiger partial charge in [0.05, 0.1) is 33.7 Å². The zero-order valence-corrected chi connectivity index (χ0v) is 31.9. The van der Waals surface area contributed by atoms with Crippen LogP contribution in [0.2, 0.25) is 10.0 Å². The first-order chi connectivity index (χ1) is 25.8. The Labute approximate surface area is 325 Å². The molecule has 0 bridgehead atoms. The third-order valence-electron chi connectivity index (χ3n) is 12.2. The molecule has 4 heterocycles. The van der Waals surface area contributed by atoms with Crippen LogP contribution in [-0.4, -0.2) is 38.5 Å². The molecule has 0 radical (unpaired) electrons. The zero-order valence-electron chi connectivity index (χ0n) is 29.5. The Morgan fingerprint density at radius 3 is 2.43 bits per heavy atom. The van der Waals surface area contributed by atoms with Crippen molar-refractivity contribution in [3.8, 4) is 16.3 Å². The molecule has 5 aromatic rings. The minimum Gasteiger partial charge on any atom is -0.508 e. The van der Waals surface area contributed by atoms with Crippen LogP contribution in [0.1, 0.15) is 42.4 Å². The number of carbonyl (C=O) groups excluding carboxylic acids is 4. The number of allylic oxidation sites excluding steroid dienone is 2. The van der Waals surface area contributed by atoms with Crippen molar-refractivity contribution in [1.82, 2.24) is 9.78 Å². The molecule has 0 unspecified atom stereocenters. The number of phenolic OH excluding ortho intramolecular Hbond substituents is 1. The minimum absolute atomic E-state index is 0.0400. The van der Waals surface area contributed by atoms with E-state index in [0.29, 0.717) is 34.2 Å². The molecule has 54 heavy (non-hydrogen) atoms. The van der Waals surface area contributed by atoms with Crippen LogP contribution >= 0.6 is 34.5 Å². The maximum atomic E-state index is 15.1. The van der Waals surface area contributed by atoms with Crippen LogP contribution < -0.4 is 9.80 Å². The second kappa shape index (κ2) is 12.2. The van der Waals surface area contributed by atoms with Gasteiger partial charge in [-0.25, -0.2) is 4.90 Å². The topological polar surface area (TPSA) is 113 Å². The number of benzene rings is 3. The normalized spacial score (nSPS) is 26.3. The molecule has 0 spiro atoms. The molecule has 3 fully saturated rings. The zero-order chi connectivity index (χ0) is 38.0. The highest BCUT2D eigenvalue weighted by Crippen LogP contribution is 2.64. The SMILES string of the molecule is C=Cc1ccc(N2C(=O)[C@H]3[C@H](CC=C4[C@H]3C[C@H]3C(=O)N(c5cc(-c6sc7ccc(Cl)cc7c6C)nn5C)C(=O)[C@@]3(C)[C@H]4c3ccc(O)cc3Cl)C2=O)cc1. The molecule has 1 N–H and O–H groups in total. The number of anilines is 2. The number of halogens is 2. The second-order valence-corrected chi connectivity index (χ2v) is 16.8. The number of imide groups is 2. The van der Waals surface area contributed by atoms with Gasteiger partial charge in [-0.2, -0.15) is 5.10 Å². The van der Waals surface area contributed by atoms with Crippen LogP contribution in [0.15, 0.2) is 85.0 Å². The Morgan fingerprint density at radius 1 is 0.944 bits per heavy atom. The van der Waals surface area contributed by atoms with Crippen LogP contribution in [0.4, 0.5) is 11.5 Å². The molecule has 6 atom stereocenters. The molecule has 9 rings (SSSR count). The number of nitrogens with zero attached hydrogens (tertiary/aromatic N) is 4. The van der Waals surface area contributed by atoms with Crippen molar-refractivity contribution in [2.45, 2.75) is 32.6 Å². The first-order valence-electron chi connectivity index (χ1n) is 17.7. The Hall–Kier alpha value is -5.03. The van der Waals surface area contributed by atoms with Gasteiger partial charge in [-0.3, -0.25) is 28.8 Å². The fourth-order valence-electron chi connectivity index (χ4n) is 9.56. The average Bonchev–Trinajstić information content (AvgIpc) is 3.82. The van der Waals surface area contributed by atoms with Crippen molar-refractivity contribution in [2.75, 3.05) is 9.80 Å². The predicted molar refractivity (Wildman–Crippen MR) is 211 cm³/mol. The van der Waals surface area contributed by atoms with Crippen molar-refractivity contribution in [1.29, 1.82) is 0 Å². The number of phenols is 1. The summed E-state index contributed by atoms with van der Waals surface area (Å²) in [4.78, 5) is 61.8. The fourth-order valence-corrected chi connectivity index (χ4v) is 11.2. The molecule has 9 nitrogen and oxygen atoms in total. The van der Waals surface area contributed by atoms with E-state index in [4.69, 9.17) is 28.3 Å². The van der Waals surface area contributed by atoms with Gasteiger partial charge in [-0.15, -0.1) is 11.3 Å². The Balaban J connectivity index is 1.15. The molecule has 4 aliphatic rings. The number of carbonyl (C=O) groups is 4. The highest BCUT2D eigenvalue weighted by Gasteiger charge is 2.68. The van der Waals surface area contributed by atoms with Crippen molar-refractivity contribution in [3.63, 3.8) is 0 Å². The van der Waals surface area contributed by atoms with Crippen LogP contribution in [0.3, 0.4) is 0 Å². The molecule has 2 aromatic heterocycles. The lowest BCUT2D eigenvalue weighted by Gasteiger charge is -2.49. The molecule has 1 saturated carbocycles. The van der Waals surface area contributed by atoms with E-state index < -0.39 is 46.8 Å². The number of hydrogen-bond donors (Lipinski definition) is 1. The van der Waals surface area contributed by atoms with Gasteiger partial charge in [0.25, 0.3) is 0 Å². The number of aromatic hydroxyl groups is 1. The van der Waals surface area contributed by atoms with Crippen LogP contribution in [0, 0.1) is 36.0 Å². The van der Waals surface area contributed by atoms with E-state index in [-0.39, 0.29) is 29.0 Å². The van der Waals surface area contributed by atoms with Gasteiger partial charge in [-0.05, 0) is 97.1 Å². The largest absolute Gasteiger partial charge is 0.508 e. The van der Waals surface area contributed by atoms with E-state index in [0.717, 1.165) is 31.7 Å². The predicted octanol–water partition coefficient (Wildman–Crippen LogP) is 8.70. The summed E-state index contributed by atoms with van der Waals surface area (Å²) in [6.45, 7) is 7.60. The molecule has 2 aliphatic heterocycles. The van der Waals surface area contributed by atoms with Crippen LogP contribution in [0.5, 0.6) is 5.75 Å². The van der Waals surface area contributed by atoms with Gasteiger partial charge < -0.3 is 5.11 Å². The van der Waals surface area contributed by atoms with E-state index in [1.807, 2.05) is 43.3 Å². The number of amides is 4. The molecule has 12 heteroatoms. The van der Waals surface area contributed by atoms with E-state index >= 15 is 4.79 Å². The summed E-state index contributed by atoms with van der Waals surface area (Å²) in [5, 5.41) is 17.0. The third kappa shape index (κ3) is 4.79. The highest BCUT2D eigenvalue weighted by atomic mass is 35.5. The molecule has 2 aliphatic carbocycles. The smallest absolute Gasteiger partial charge is 0.242 e. The van der Waals surface area contributed by atoms with Crippen molar-refractivity contribution in [2.24, 2.45) is 36.1 Å². The summed E-state index contributed by atoms with van der Waals surface area (Å²) in [5.41, 5.74) is 3.02. The molecular weight excluding hydrogens is 743 g/mol. The lowest BCUT2D eigenvalue weighted by molar-refractivity contribution is -0.131. The van der Waals surface area contributed by atoms with Gasteiger partial charge in [-0.1, -0.05) is 65.7 Å². The summed E-state index contributed by atoms with van der Waals surface area (Å²) in [6, 6.07) is 19.2. The maximum Gasteiger partial charge on any atom is 0.242 e. The lowest BCUT2D eigenvalue weighted by Crippen LogP contribution is -2.49. The number of aromatic nitrogens is 2. The number of hydrogen-bond acceptors (Lipinski definition) is 7. The standard InChI is InChI=1S/C42H34Cl2N4O5S/c1-5-21-6-9-23(10-7-21)47-38(50)27-14-13-25-29(35(27)40(47)52)18-30-39(51)48(41(53)42(30,3)36(25)26-12-11-24(49)17-31(26)44)34-19-32(45-46(34)4)37-20(2)28-16-22(43)8-15-33(28)54-37/h5-13,15-17,19,27,29-30,35-36,49H,1,14,18H2,2-4H3/t27-,29+,30-,35-,36+,42+/m0/s1. The van der Waals surface area contributed by atoms with Gasteiger partial charge in [0, 0.05) is 33.8 Å². The van der Waals surface area contributed by atoms with Gasteiger partial charge in [0.15, 0.2) is 0 Å². The van der Waals surface area contributed by atoms with E-state index in [1.54, 1.807) is 60.3 Å². The summed E-state index contributed by atoms with van der Waals surface area (Å²) >= 11 is 14.7. The quantitative estimate of drug-likeness (QED) is 0.141. The van der Waals surface area contributed by atoms with Gasteiger partial charge >= 0.3 is 0 Å². The lowest BCUT2D eigenvalue weighted by atomic mass is 9.51. The van der Waals surface area contributed by atoms with E-state index in [9.17, 15) is 19.5 Å². The monoisotopic (exact) mass is 776 g/mol. The molecule has 272 valence electrons. The van der Waals surface area contributed by atoms with Gasteiger partial charge in [0.1, 0.15) is 17.3 Å². The Kier molecular flexibility index (Phi) is 7.87. The second-order valence-electron chi connectivity index (χ2n) is 14.9. The number of fused-ring (bicyclic) bond motifs is 5. The highest BCUT2D eigenvalue weighted by molar-refractivity contribution is 7.22. The number of rotatable bonds is 5. The maximum absolute atomic E-state index is 15.1. The van der Waals surface area contributed by atoms with E-state index in [2.05, 4.69) is 6.58 Å². The van der Waals surface area contributed by atoms with Crippen molar-refractivity contribution < 1.29 is 24.3 Å². The molecule has 3 aromatic carbocycles. The Bertz CT molecular complexity index is 2540. The summed E-state index contributed by atoms with van der Waals surface area (Å²) in [7, 11) is 1.71. The van der Waals surface area contributed by atoms with E-state index in [1.165, 1.54) is 21.9 Å². The summed E-state index contributed by atoms with van der Waals surface area (Å²) in [6.07, 6.45) is 4.17. The Morgan fingerprint density at radius 2 is 1.70 bits per heavy atom. The van der Waals surface area contributed by atoms with Gasteiger partial charge in [0.2, 0.25) is 23.6 Å². The molecule has 4 amide bonds. The first-order valence-corrected chi connectivity index (χ1v) is 19.3. The van der Waals surface area contributed by atoms with Crippen LogP contribution in [0.25, 0.3) is 26.7 Å². The van der Waals surface area contributed by atoms with Crippen molar-refractivity contribution >= 4 is 85.8 Å². The average molecular weight is 778 g/mol. The molecular formula is C42H34Cl2N4O5S. The minimum atomic E-state index is -1.31. The number of thiophene rings is 1. The summed E-state index contributed by atoms with van der Waals surface area (Å²) < 4.78 is 2.60. The fraction of sp³-hybridized carbons (Fsp3) is 0.262. The number of aryl methyl sites for hydroxylation is 2.